The summed E-state index contributed by atoms with van der Waals surface area (Å²) in [5.74, 6) is 1.27. The average molecular weight is 395 g/mol. The van der Waals surface area contributed by atoms with Crippen molar-refractivity contribution in [1.29, 1.82) is 0 Å². The Morgan fingerprint density at radius 3 is 2.74 bits per heavy atom. The molecule has 2 aromatic heterocycles. The molecule has 0 amide bonds. The highest BCUT2D eigenvalue weighted by molar-refractivity contribution is 7.84. The number of methoxy groups -OCH3 is 3. The van der Waals surface area contributed by atoms with Crippen molar-refractivity contribution in [2.45, 2.75) is 17.5 Å². The minimum Gasteiger partial charge on any atom is -0.493 e. The van der Waals surface area contributed by atoms with Crippen LogP contribution in [-0.2, 0) is 21.3 Å². The number of nitrogens with one attached hydrogen (secondary N) is 1. The Morgan fingerprint density at radius 1 is 1.22 bits per heavy atom. The number of nitrogens with zero attached hydrogens (tertiary/aromatic N) is 2. The lowest BCUT2D eigenvalue weighted by atomic mass is 10.3. The van der Waals surface area contributed by atoms with Gasteiger partial charge in [-0.1, -0.05) is 0 Å². The first-order chi connectivity index (χ1) is 13.0. The van der Waals surface area contributed by atoms with E-state index in [0.29, 0.717) is 28.2 Å². The largest absolute Gasteiger partial charge is 0.493 e. The number of rotatable bonds is 8. The molecule has 0 radical (unpaired) electrons. The lowest BCUT2D eigenvalue weighted by Crippen LogP contribution is -2.11. The molecule has 1 aromatic carbocycles. The maximum atomic E-state index is 13.2. The standard InChI is InChI=1S/C17H18FN3O5S/c1-23-14-6-7-19-13(15(14)24-2)9-27(22)17-20-11-5-4-10(8-12(11)21-17)26-16(18)25-3/h4-8,16H,9H2,1-3H3,(H,20,21). The minimum atomic E-state index is -1.87. The summed E-state index contributed by atoms with van der Waals surface area (Å²) < 4.78 is 45.8. The minimum absolute atomic E-state index is 0.0831. The van der Waals surface area contributed by atoms with Crippen LogP contribution in [0, 0.1) is 0 Å². The zero-order valence-corrected chi connectivity index (χ0v) is 15.7. The molecular formula is C17H18FN3O5S. The van der Waals surface area contributed by atoms with E-state index in [4.69, 9.17) is 14.2 Å². The second-order valence-corrected chi connectivity index (χ2v) is 6.70. The van der Waals surface area contributed by atoms with Crippen LogP contribution in [0.25, 0.3) is 11.0 Å². The van der Waals surface area contributed by atoms with Gasteiger partial charge in [-0.2, -0.15) is 4.39 Å². The summed E-state index contributed by atoms with van der Waals surface area (Å²) in [7, 11) is 2.69. The van der Waals surface area contributed by atoms with Crippen molar-refractivity contribution in [3.63, 3.8) is 0 Å². The molecule has 0 saturated carbocycles. The van der Waals surface area contributed by atoms with E-state index in [2.05, 4.69) is 19.7 Å². The van der Waals surface area contributed by atoms with Crippen LogP contribution in [0.5, 0.6) is 17.2 Å². The Balaban J connectivity index is 1.84. The molecule has 2 unspecified atom stereocenters. The van der Waals surface area contributed by atoms with Crippen molar-refractivity contribution in [1.82, 2.24) is 15.0 Å². The number of fused-ring (bicyclic) bond motifs is 1. The van der Waals surface area contributed by atoms with Crippen LogP contribution >= 0.6 is 0 Å². The van der Waals surface area contributed by atoms with E-state index in [-0.39, 0.29) is 16.7 Å². The fraction of sp³-hybridized carbons (Fsp3) is 0.294. The number of ether oxygens (including phenoxy) is 4. The number of aromatic nitrogens is 3. The summed E-state index contributed by atoms with van der Waals surface area (Å²) in [6.07, 6.45) is 1.55. The number of hydrogen-bond donors (Lipinski definition) is 1. The highest BCUT2D eigenvalue weighted by Gasteiger charge is 2.18. The predicted octanol–water partition coefficient (Wildman–Crippen LogP) is 2.56. The fourth-order valence-corrected chi connectivity index (χ4v) is 3.46. The van der Waals surface area contributed by atoms with Gasteiger partial charge in [0.05, 0.1) is 47.5 Å². The lowest BCUT2D eigenvalue weighted by Gasteiger charge is -2.10. The van der Waals surface area contributed by atoms with E-state index >= 15 is 0 Å². The normalized spacial score (nSPS) is 13.3. The van der Waals surface area contributed by atoms with Gasteiger partial charge in [-0.15, -0.1) is 0 Å². The quantitative estimate of drug-likeness (QED) is 0.586. The summed E-state index contributed by atoms with van der Waals surface area (Å²) in [5.41, 5.74) is 1.62. The highest BCUT2D eigenvalue weighted by Crippen LogP contribution is 2.30. The van der Waals surface area contributed by atoms with E-state index in [1.807, 2.05) is 0 Å². The van der Waals surface area contributed by atoms with Crippen molar-refractivity contribution in [2.24, 2.45) is 0 Å². The van der Waals surface area contributed by atoms with Crippen LogP contribution in [0.3, 0.4) is 0 Å². The number of benzene rings is 1. The topological polar surface area (TPSA) is 95.6 Å². The van der Waals surface area contributed by atoms with Crippen LogP contribution in [0.15, 0.2) is 35.6 Å². The summed E-state index contributed by atoms with van der Waals surface area (Å²) in [4.78, 5) is 11.5. The van der Waals surface area contributed by atoms with Gasteiger partial charge in [-0.05, 0) is 12.1 Å². The Kier molecular flexibility index (Phi) is 5.87. The first kappa shape index (κ1) is 19.1. The Labute approximate surface area is 157 Å². The molecule has 2 heterocycles. The summed E-state index contributed by atoms with van der Waals surface area (Å²) in [5, 5.41) is 0.261. The van der Waals surface area contributed by atoms with Gasteiger partial charge in [0.1, 0.15) is 5.75 Å². The van der Waals surface area contributed by atoms with Crippen molar-refractivity contribution in [3.8, 4) is 17.2 Å². The maximum absolute atomic E-state index is 13.2. The molecule has 1 N–H and O–H groups in total. The predicted molar refractivity (Wildman–Crippen MR) is 96.1 cm³/mol. The molecule has 3 rings (SSSR count). The van der Waals surface area contributed by atoms with E-state index in [0.717, 1.165) is 0 Å². The summed E-state index contributed by atoms with van der Waals surface area (Å²) in [6, 6.07) is 6.40. The SMILES string of the molecule is COc1ccnc(CS(=O)c2nc3ccc(OC(F)OC)cc3[nH]2)c1OC. The number of imidazole rings is 1. The zero-order chi connectivity index (χ0) is 19.4. The molecule has 10 heteroatoms. The van der Waals surface area contributed by atoms with Gasteiger partial charge in [-0.25, -0.2) is 4.98 Å². The van der Waals surface area contributed by atoms with Gasteiger partial charge in [0, 0.05) is 25.4 Å². The molecule has 0 bridgehead atoms. The number of hydrogen-bond acceptors (Lipinski definition) is 7. The fourth-order valence-electron chi connectivity index (χ4n) is 2.45. The van der Waals surface area contributed by atoms with Crippen molar-refractivity contribution in [2.75, 3.05) is 21.3 Å². The van der Waals surface area contributed by atoms with Crippen LogP contribution in [-0.4, -0.2) is 47.0 Å². The van der Waals surface area contributed by atoms with Gasteiger partial charge in [0.2, 0.25) is 0 Å². The molecule has 0 aliphatic rings. The second-order valence-electron chi connectivity index (χ2n) is 5.33. The second kappa shape index (κ2) is 8.31. The van der Waals surface area contributed by atoms with Gasteiger partial charge < -0.3 is 23.9 Å². The van der Waals surface area contributed by atoms with E-state index in [9.17, 15) is 8.60 Å². The maximum Gasteiger partial charge on any atom is 0.352 e. The molecule has 8 nitrogen and oxygen atoms in total. The molecule has 3 aromatic rings. The molecule has 0 aliphatic carbocycles. The third kappa shape index (κ3) is 4.17. The van der Waals surface area contributed by atoms with Crippen molar-refractivity contribution >= 4 is 21.8 Å². The molecule has 27 heavy (non-hydrogen) atoms. The van der Waals surface area contributed by atoms with Gasteiger partial charge in [0.25, 0.3) is 0 Å². The molecule has 144 valence electrons. The number of aromatic amines is 1. The number of halogens is 1. The van der Waals surface area contributed by atoms with E-state index < -0.39 is 17.3 Å². The Hall–Kier alpha value is -2.72. The van der Waals surface area contributed by atoms with Gasteiger partial charge in [-0.3, -0.25) is 9.19 Å². The summed E-state index contributed by atoms with van der Waals surface area (Å²) in [6.45, 7) is -1.87. The first-order valence-electron chi connectivity index (χ1n) is 7.83. The van der Waals surface area contributed by atoms with E-state index in [1.54, 1.807) is 30.5 Å². The summed E-state index contributed by atoms with van der Waals surface area (Å²) >= 11 is 0. The number of H-pyrrole nitrogens is 1. The average Bonchev–Trinajstić information content (AvgIpc) is 3.11. The van der Waals surface area contributed by atoms with Crippen LogP contribution in [0.1, 0.15) is 5.69 Å². The number of alkyl halides is 1. The van der Waals surface area contributed by atoms with Gasteiger partial charge >= 0.3 is 6.54 Å². The van der Waals surface area contributed by atoms with Crippen LogP contribution in [0.2, 0.25) is 0 Å². The number of pyridine rings is 1. The highest BCUT2D eigenvalue weighted by atomic mass is 32.2. The van der Waals surface area contributed by atoms with Crippen molar-refractivity contribution < 1.29 is 27.5 Å². The first-order valence-corrected chi connectivity index (χ1v) is 9.15. The van der Waals surface area contributed by atoms with Gasteiger partial charge in [0.15, 0.2) is 16.7 Å². The Bertz CT molecular complexity index is 965. The Morgan fingerprint density at radius 2 is 2.04 bits per heavy atom. The molecule has 0 saturated heterocycles. The monoisotopic (exact) mass is 395 g/mol. The smallest absolute Gasteiger partial charge is 0.352 e. The van der Waals surface area contributed by atoms with Crippen molar-refractivity contribution in [3.05, 3.63) is 36.2 Å². The van der Waals surface area contributed by atoms with E-state index in [1.165, 1.54) is 21.3 Å². The third-order valence-electron chi connectivity index (χ3n) is 3.70. The molecule has 0 fully saturated rings. The lowest BCUT2D eigenvalue weighted by molar-refractivity contribution is -0.145. The molecule has 0 spiro atoms. The zero-order valence-electron chi connectivity index (χ0n) is 14.9. The van der Waals surface area contributed by atoms with Crippen LogP contribution in [0.4, 0.5) is 4.39 Å². The third-order valence-corrected chi connectivity index (χ3v) is 4.86. The molecule has 2 atom stereocenters. The molecule has 0 aliphatic heterocycles. The molecular weight excluding hydrogens is 377 g/mol. The van der Waals surface area contributed by atoms with Crippen LogP contribution < -0.4 is 14.2 Å².